The summed E-state index contributed by atoms with van der Waals surface area (Å²) >= 11 is 0. The molecule has 2 aromatic rings. The Morgan fingerprint density at radius 1 is 1.32 bits per heavy atom. The van der Waals surface area contributed by atoms with Gasteiger partial charge in [0, 0.05) is 24.6 Å². The zero-order valence-corrected chi connectivity index (χ0v) is 10.5. The highest BCUT2D eigenvalue weighted by Crippen LogP contribution is 2.22. The number of nitrogens with one attached hydrogen (secondary N) is 1. The van der Waals surface area contributed by atoms with Crippen LogP contribution in [0.5, 0.6) is 0 Å². The van der Waals surface area contributed by atoms with Crippen LogP contribution in [0.15, 0.2) is 42.6 Å². The van der Waals surface area contributed by atoms with Crippen molar-refractivity contribution in [2.75, 3.05) is 12.4 Å². The lowest BCUT2D eigenvalue weighted by atomic mass is 10.1. The molecule has 2 rings (SSSR count). The molecule has 5 heteroatoms. The van der Waals surface area contributed by atoms with Gasteiger partial charge in [-0.2, -0.15) is 0 Å². The van der Waals surface area contributed by atoms with Gasteiger partial charge in [-0.15, -0.1) is 0 Å². The van der Waals surface area contributed by atoms with Crippen LogP contribution in [0.4, 0.5) is 11.5 Å². The molecule has 1 aromatic carbocycles. The Morgan fingerprint density at radius 3 is 2.84 bits per heavy atom. The minimum Gasteiger partial charge on any atom is -0.478 e. The molecule has 0 bridgehead atoms. The molecule has 0 fully saturated rings. The number of anilines is 2. The molecule has 0 saturated heterocycles. The van der Waals surface area contributed by atoms with E-state index in [1.54, 1.807) is 19.4 Å². The van der Waals surface area contributed by atoms with E-state index in [0.29, 0.717) is 12.4 Å². The van der Waals surface area contributed by atoms with E-state index >= 15 is 0 Å². The van der Waals surface area contributed by atoms with E-state index in [1.165, 1.54) is 6.07 Å². The van der Waals surface area contributed by atoms with E-state index in [9.17, 15) is 4.79 Å². The number of benzene rings is 1. The number of carboxylic acid groups (broad SMARTS) is 1. The number of aromatic nitrogens is 1. The van der Waals surface area contributed by atoms with Gasteiger partial charge in [0.2, 0.25) is 0 Å². The Kier molecular flexibility index (Phi) is 4.10. The predicted octanol–water partition coefficient (Wildman–Crippen LogP) is 2.67. The third-order valence-electron chi connectivity index (χ3n) is 2.61. The van der Waals surface area contributed by atoms with Crippen molar-refractivity contribution in [3.63, 3.8) is 0 Å². The summed E-state index contributed by atoms with van der Waals surface area (Å²) in [6.07, 6.45) is 1.55. The molecular formula is C14H14N2O3. The maximum atomic E-state index is 11.1. The number of hydrogen-bond donors (Lipinski definition) is 2. The van der Waals surface area contributed by atoms with Crippen molar-refractivity contribution in [3.05, 3.63) is 53.7 Å². The van der Waals surface area contributed by atoms with Gasteiger partial charge in [0.25, 0.3) is 0 Å². The highest BCUT2D eigenvalue weighted by molar-refractivity contribution is 5.94. The second kappa shape index (κ2) is 5.97. The van der Waals surface area contributed by atoms with Gasteiger partial charge in [-0.05, 0) is 18.2 Å². The first-order valence-corrected chi connectivity index (χ1v) is 5.74. The Balaban J connectivity index is 2.34. The molecule has 0 radical (unpaired) electrons. The Morgan fingerprint density at radius 2 is 2.11 bits per heavy atom. The first-order chi connectivity index (χ1) is 9.22. The molecule has 5 nitrogen and oxygen atoms in total. The van der Waals surface area contributed by atoms with Crippen molar-refractivity contribution in [2.45, 2.75) is 6.61 Å². The van der Waals surface area contributed by atoms with Gasteiger partial charge in [0.15, 0.2) is 0 Å². The third-order valence-corrected chi connectivity index (χ3v) is 2.61. The largest absolute Gasteiger partial charge is 0.478 e. The number of methoxy groups -OCH3 is 1. The van der Waals surface area contributed by atoms with Gasteiger partial charge in [-0.3, -0.25) is 0 Å². The van der Waals surface area contributed by atoms with Crippen LogP contribution < -0.4 is 5.32 Å². The van der Waals surface area contributed by atoms with Crippen molar-refractivity contribution >= 4 is 17.5 Å². The number of pyridine rings is 1. The summed E-state index contributed by atoms with van der Waals surface area (Å²) in [6.45, 7) is 0.443. The number of ether oxygens (including phenoxy) is 1. The van der Waals surface area contributed by atoms with E-state index in [-0.39, 0.29) is 5.56 Å². The Hall–Kier alpha value is -2.40. The zero-order valence-electron chi connectivity index (χ0n) is 10.5. The summed E-state index contributed by atoms with van der Waals surface area (Å²) in [5.41, 5.74) is 1.85. The lowest BCUT2D eigenvalue weighted by Gasteiger charge is -2.12. The number of rotatable bonds is 5. The molecule has 0 amide bonds. The number of hydrogen-bond acceptors (Lipinski definition) is 4. The fourth-order valence-corrected chi connectivity index (χ4v) is 1.73. The molecular weight excluding hydrogens is 244 g/mol. The van der Waals surface area contributed by atoms with Crippen molar-refractivity contribution in [2.24, 2.45) is 0 Å². The van der Waals surface area contributed by atoms with Crippen LogP contribution in [-0.4, -0.2) is 23.2 Å². The lowest BCUT2D eigenvalue weighted by Crippen LogP contribution is -2.06. The molecule has 19 heavy (non-hydrogen) atoms. The third kappa shape index (κ3) is 3.08. The van der Waals surface area contributed by atoms with E-state index in [0.717, 1.165) is 11.3 Å². The van der Waals surface area contributed by atoms with Crippen LogP contribution in [0.3, 0.4) is 0 Å². The van der Waals surface area contributed by atoms with E-state index < -0.39 is 5.97 Å². The minimum atomic E-state index is -1.01. The van der Waals surface area contributed by atoms with Gasteiger partial charge in [0.05, 0.1) is 6.61 Å². The van der Waals surface area contributed by atoms with Gasteiger partial charge in [0.1, 0.15) is 11.4 Å². The zero-order chi connectivity index (χ0) is 13.7. The fraction of sp³-hybridized carbons (Fsp3) is 0.143. The minimum absolute atomic E-state index is 0.134. The van der Waals surface area contributed by atoms with Crippen LogP contribution in [-0.2, 0) is 11.3 Å². The summed E-state index contributed by atoms with van der Waals surface area (Å²) < 4.78 is 5.11. The number of nitrogens with zero attached hydrogens (tertiary/aromatic N) is 1. The average molecular weight is 258 g/mol. The molecule has 0 aliphatic heterocycles. The molecule has 0 atom stereocenters. The number of para-hydroxylation sites is 1. The second-order valence-electron chi connectivity index (χ2n) is 3.92. The molecule has 0 spiro atoms. The average Bonchev–Trinajstić information content (AvgIpc) is 2.42. The highest BCUT2D eigenvalue weighted by Gasteiger charge is 2.11. The summed E-state index contributed by atoms with van der Waals surface area (Å²) in [5.74, 6) is -0.696. The van der Waals surface area contributed by atoms with Crippen LogP contribution in [0.25, 0.3) is 0 Å². The van der Waals surface area contributed by atoms with Crippen LogP contribution >= 0.6 is 0 Å². The highest BCUT2D eigenvalue weighted by atomic mass is 16.5. The maximum absolute atomic E-state index is 11.1. The Bertz CT molecular complexity index is 584. The van der Waals surface area contributed by atoms with Gasteiger partial charge < -0.3 is 15.2 Å². The molecule has 0 unspecified atom stereocenters. The molecule has 1 heterocycles. The molecule has 98 valence electrons. The van der Waals surface area contributed by atoms with Crippen LogP contribution in [0, 0.1) is 0 Å². The fourth-order valence-electron chi connectivity index (χ4n) is 1.73. The first-order valence-electron chi connectivity index (χ1n) is 5.74. The van der Waals surface area contributed by atoms with E-state index in [2.05, 4.69) is 10.3 Å². The van der Waals surface area contributed by atoms with Crippen LogP contribution in [0.1, 0.15) is 15.9 Å². The van der Waals surface area contributed by atoms with Gasteiger partial charge in [-0.1, -0.05) is 18.2 Å². The van der Waals surface area contributed by atoms with E-state index in [4.69, 9.17) is 9.84 Å². The van der Waals surface area contributed by atoms with Crippen LogP contribution in [0.2, 0.25) is 0 Å². The van der Waals surface area contributed by atoms with E-state index in [1.807, 2.05) is 24.3 Å². The predicted molar refractivity (Wildman–Crippen MR) is 71.6 cm³/mol. The summed E-state index contributed by atoms with van der Waals surface area (Å²) in [4.78, 5) is 15.2. The smallest absolute Gasteiger partial charge is 0.339 e. The maximum Gasteiger partial charge on any atom is 0.339 e. The second-order valence-corrected chi connectivity index (χ2v) is 3.92. The molecule has 2 N–H and O–H groups in total. The van der Waals surface area contributed by atoms with Crippen molar-refractivity contribution < 1.29 is 14.6 Å². The summed E-state index contributed by atoms with van der Waals surface area (Å²) in [7, 11) is 1.61. The molecule has 0 saturated carbocycles. The topological polar surface area (TPSA) is 71.5 Å². The van der Waals surface area contributed by atoms with Crippen molar-refractivity contribution in [1.29, 1.82) is 0 Å². The number of carboxylic acids is 1. The summed E-state index contributed by atoms with van der Waals surface area (Å²) in [5, 5.41) is 12.1. The standard InChI is InChI=1S/C14H14N2O3/c1-19-9-10-5-2-3-7-12(10)16-13-11(14(17)18)6-4-8-15-13/h2-8H,9H2,1H3,(H,15,16)(H,17,18). The SMILES string of the molecule is COCc1ccccc1Nc1ncccc1C(=O)O. The Labute approximate surface area is 110 Å². The molecule has 1 aromatic heterocycles. The van der Waals surface area contributed by atoms with Gasteiger partial charge >= 0.3 is 5.97 Å². The molecule has 0 aliphatic rings. The number of carbonyl (C=O) groups is 1. The van der Waals surface area contributed by atoms with Gasteiger partial charge in [-0.25, -0.2) is 9.78 Å². The molecule has 0 aliphatic carbocycles. The van der Waals surface area contributed by atoms with Crippen molar-refractivity contribution in [1.82, 2.24) is 4.98 Å². The lowest BCUT2D eigenvalue weighted by molar-refractivity contribution is 0.0697. The van der Waals surface area contributed by atoms with Crippen molar-refractivity contribution in [3.8, 4) is 0 Å². The quantitative estimate of drug-likeness (QED) is 0.862. The monoisotopic (exact) mass is 258 g/mol. The number of aromatic carboxylic acids is 1. The summed E-state index contributed by atoms with van der Waals surface area (Å²) in [6, 6.07) is 10.6. The first kappa shape index (κ1) is 13.0. The normalized spacial score (nSPS) is 10.2.